The summed E-state index contributed by atoms with van der Waals surface area (Å²) in [5.74, 6) is 0. The molecule has 0 saturated carbocycles. The van der Waals surface area contributed by atoms with Crippen LogP contribution in [-0.2, 0) is 10.0 Å². The lowest BCUT2D eigenvalue weighted by Gasteiger charge is -2.33. The van der Waals surface area contributed by atoms with Gasteiger partial charge in [0.15, 0.2) is 0 Å². The van der Waals surface area contributed by atoms with Gasteiger partial charge < -0.3 is 0 Å². The Hall–Kier alpha value is 0.670. The zero-order valence-corrected chi connectivity index (χ0v) is 16.0. The van der Waals surface area contributed by atoms with Gasteiger partial charge in [-0.25, -0.2) is 8.42 Å². The van der Waals surface area contributed by atoms with Crippen LogP contribution < -0.4 is 0 Å². The number of alkyl halides is 1. The molecule has 1 rings (SSSR count). The van der Waals surface area contributed by atoms with Crippen molar-refractivity contribution in [2.24, 2.45) is 0 Å². The summed E-state index contributed by atoms with van der Waals surface area (Å²) in [5, 5.41) is 0.676. The molecule has 0 aromatic heterocycles. The number of benzene rings is 1. The van der Waals surface area contributed by atoms with Crippen LogP contribution in [0, 0.1) is 0 Å². The highest BCUT2D eigenvalue weighted by Crippen LogP contribution is 2.36. The fraction of sp³-hybridized carbons (Fsp3) is 0.455. The topological polar surface area (TPSA) is 37.4 Å². The van der Waals surface area contributed by atoms with E-state index in [1.165, 1.54) is 23.5 Å². The Morgan fingerprint density at radius 2 is 1.68 bits per heavy atom. The van der Waals surface area contributed by atoms with E-state index in [-0.39, 0.29) is 14.9 Å². The molecular weight excluding hydrogens is 441 g/mol. The Labute approximate surface area is 140 Å². The maximum atomic E-state index is 12.6. The number of nitrogens with zero attached hydrogens (tertiary/aromatic N) is 1. The molecule has 1 aromatic carbocycles. The second-order valence-electron chi connectivity index (χ2n) is 4.62. The number of rotatable bonds is 4. The summed E-state index contributed by atoms with van der Waals surface area (Å²) in [6.45, 7) is 3.61. The minimum absolute atomic E-state index is 0.0736. The van der Waals surface area contributed by atoms with Crippen molar-refractivity contribution in [1.29, 1.82) is 0 Å². The Balaban J connectivity index is 3.45. The third kappa shape index (κ3) is 3.66. The van der Waals surface area contributed by atoms with Gasteiger partial charge in [-0.05, 0) is 26.0 Å². The van der Waals surface area contributed by atoms with Gasteiger partial charge in [0.1, 0.15) is 4.90 Å². The highest BCUT2D eigenvalue weighted by Gasteiger charge is 2.35. The Bertz CT molecular complexity index is 567. The summed E-state index contributed by atoms with van der Waals surface area (Å²) in [5.41, 5.74) is -0.599. The van der Waals surface area contributed by atoms with E-state index in [0.717, 1.165) is 0 Å². The molecule has 1 aromatic rings. The molecule has 0 aliphatic rings. The lowest BCUT2D eigenvalue weighted by Crippen LogP contribution is -2.46. The van der Waals surface area contributed by atoms with Crippen LogP contribution in [0.25, 0.3) is 0 Å². The van der Waals surface area contributed by atoms with Gasteiger partial charge in [-0.1, -0.05) is 55.1 Å². The lowest BCUT2D eigenvalue weighted by molar-refractivity contribution is 0.299. The summed E-state index contributed by atoms with van der Waals surface area (Å²) in [6, 6.07) is 3.02. The Morgan fingerprint density at radius 1 is 1.26 bits per heavy atom. The maximum absolute atomic E-state index is 12.6. The molecule has 0 aliphatic heterocycles. The Morgan fingerprint density at radius 3 is 2.05 bits per heavy atom. The maximum Gasteiger partial charge on any atom is 0.246 e. The second-order valence-corrected chi connectivity index (χ2v) is 8.81. The molecule has 0 fully saturated rings. The van der Waals surface area contributed by atoms with Gasteiger partial charge in [-0.3, -0.25) is 0 Å². The van der Waals surface area contributed by atoms with Crippen molar-refractivity contribution in [1.82, 2.24) is 4.31 Å². The third-order valence-corrected chi connectivity index (χ3v) is 7.58. The SMILES string of the molecule is CN(C(C)(C)CBr)S(=O)(=O)c1c(Cl)cc(Br)cc1Cl. The largest absolute Gasteiger partial charge is 0.246 e. The molecule has 0 N–H and O–H groups in total. The fourth-order valence-electron chi connectivity index (χ4n) is 1.32. The fourth-order valence-corrected chi connectivity index (χ4v) is 5.26. The molecule has 0 spiro atoms. The van der Waals surface area contributed by atoms with Gasteiger partial charge in [0.05, 0.1) is 10.0 Å². The zero-order chi connectivity index (χ0) is 15.0. The molecule has 0 heterocycles. The van der Waals surface area contributed by atoms with Crippen LogP contribution in [0.5, 0.6) is 0 Å². The van der Waals surface area contributed by atoms with Crippen molar-refractivity contribution in [3.63, 3.8) is 0 Å². The molecule has 8 heteroatoms. The summed E-state index contributed by atoms with van der Waals surface area (Å²) < 4.78 is 27.1. The molecule has 19 heavy (non-hydrogen) atoms. The van der Waals surface area contributed by atoms with E-state index in [2.05, 4.69) is 31.9 Å². The van der Waals surface area contributed by atoms with Crippen molar-refractivity contribution in [3.8, 4) is 0 Å². The van der Waals surface area contributed by atoms with Crippen molar-refractivity contribution >= 4 is 65.1 Å². The van der Waals surface area contributed by atoms with Crippen LogP contribution in [0.4, 0.5) is 0 Å². The first-order valence-corrected chi connectivity index (χ1v) is 9.34. The molecule has 0 amide bonds. The van der Waals surface area contributed by atoms with Gasteiger partial charge in [0.25, 0.3) is 0 Å². The summed E-state index contributed by atoms with van der Waals surface area (Å²) in [7, 11) is -2.26. The van der Waals surface area contributed by atoms with Crippen LogP contribution in [0.2, 0.25) is 10.0 Å². The zero-order valence-electron chi connectivity index (χ0n) is 10.5. The van der Waals surface area contributed by atoms with Crippen molar-refractivity contribution in [2.75, 3.05) is 12.4 Å². The molecular formula is C11H13Br2Cl2NO2S. The van der Waals surface area contributed by atoms with Crippen molar-refractivity contribution in [3.05, 3.63) is 26.7 Å². The van der Waals surface area contributed by atoms with Gasteiger partial charge in [0.2, 0.25) is 10.0 Å². The molecule has 0 atom stereocenters. The average molecular weight is 454 g/mol. The highest BCUT2D eigenvalue weighted by atomic mass is 79.9. The van der Waals surface area contributed by atoms with E-state index in [9.17, 15) is 8.42 Å². The van der Waals surface area contributed by atoms with Gasteiger partial charge in [-0.15, -0.1) is 0 Å². The molecule has 108 valence electrons. The number of halogens is 4. The van der Waals surface area contributed by atoms with E-state index in [0.29, 0.717) is 9.80 Å². The molecule has 0 bridgehead atoms. The first-order valence-electron chi connectivity index (χ1n) is 5.23. The average Bonchev–Trinajstić information content (AvgIpc) is 2.26. The molecule has 0 aliphatic carbocycles. The predicted molar refractivity (Wildman–Crippen MR) is 87.0 cm³/mol. The number of hydrogen-bond acceptors (Lipinski definition) is 2. The number of hydrogen-bond donors (Lipinski definition) is 0. The lowest BCUT2D eigenvalue weighted by atomic mass is 10.1. The monoisotopic (exact) mass is 451 g/mol. The van der Waals surface area contributed by atoms with Gasteiger partial charge in [-0.2, -0.15) is 4.31 Å². The van der Waals surface area contributed by atoms with E-state index < -0.39 is 15.6 Å². The summed E-state index contributed by atoms with van der Waals surface area (Å²) >= 11 is 18.6. The minimum atomic E-state index is -3.77. The summed E-state index contributed by atoms with van der Waals surface area (Å²) in [4.78, 5) is -0.0736. The molecule has 0 unspecified atom stereocenters. The van der Waals surface area contributed by atoms with Crippen LogP contribution in [0.15, 0.2) is 21.5 Å². The molecule has 0 saturated heterocycles. The van der Waals surface area contributed by atoms with E-state index in [4.69, 9.17) is 23.2 Å². The smallest absolute Gasteiger partial charge is 0.207 e. The normalized spacial score (nSPS) is 13.1. The van der Waals surface area contributed by atoms with Crippen LogP contribution in [-0.4, -0.2) is 30.6 Å². The minimum Gasteiger partial charge on any atom is -0.207 e. The van der Waals surface area contributed by atoms with Crippen LogP contribution in [0.3, 0.4) is 0 Å². The quantitative estimate of drug-likeness (QED) is 0.627. The predicted octanol–water partition coefficient (Wildman–Crippen LogP) is 4.55. The molecule has 3 nitrogen and oxygen atoms in total. The van der Waals surface area contributed by atoms with Crippen LogP contribution in [0.1, 0.15) is 13.8 Å². The van der Waals surface area contributed by atoms with Crippen LogP contribution >= 0.6 is 55.1 Å². The van der Waals surface area contributed by atoms with Gasteiger partial charge in [0, 0.05) is 22.4 Å². The van der Waals surface area contributed by atoms with Gasteiger partial charge >= 0.3 is 0 Å². The van der Waals surface area contributed by atoms with Crippen molar-refractivity contribution < 1.29 is 8.42 Å². The third-order valence-electron chi connectivity index (χ3n) is 2.76. The Kier molecular flexibility index (Phi) is 5.78. The highest BCUT2D eigenvalue weighted by molar-refractivity contribution is 9.10. The first kappa shape index (κ1) is 17.7. The standard InChI is InChI=1S/C11H13Br2Cl2NO2S/c1-11(2,6-12)16(3)19(17,18)10-8(14)4-7(13)5-9(10)15/h4-5H,6H2,1-3H3. The summed E-state index contributed by atoms with van der Waals surface area (Å²) in [6.07, 6.45) is 0. The second kappa shape index (κ2) is 6.20. The number of sulfonamides is 1. The van der Waals surface area contributed by atoms with E-state index >= 15 is 0 Å². The molecule has 0 radical (unpaired) electrons. The van der Waals surface area contributed by atoms with Crippen molar-refractivity contribution in [2.45, 2.75) is 24.3 Å². The van der Waals surface area contributed by atoms with E-state index in [1.807, 2.05) is 0 Å². The first-order chi connectivity index (χ1) is 8.54. The van der Waals surface area contributed by atoms with E-state index in [1.54, 1.807) is 13.8 Å².